The van der Waals surface area contributed by atoms with Gasteiger partial charge in [-0.15, -0.1) is 0 Å². The molecule has 0 bridgehead atoms. The second-order valence-electron chi connectivity index (χ2n) is 4.39. The number of rotatable bonds is 3. The van der Waals surface area contributed by atoms with Gasteiger partial charge < -0.3 is 14.6 Å². The molecule has 4 heteroatoms. The van der Waals surface area contributed by atoms with Gasteiger partial charge in [-0.2, -0.15) is 0 Å². The Labute approximate surface area is 95.2 Å². The van der Waals surface area contributed by atoms with E-state index in [0.29, 0.717) is 12.2 Å². The molecular weight excluding hydrogens is 204 g/mol. The zero-order chi connectivity index (χ0) is 11.5. The number of nitrogens with one attached hydrogen (secondary N) is 1. The smallest absolute Gasteiger partial charge is 0.250 e. The molecule has 1 aliphatic rings. The van der Waals surface area contributed by atoms with E-state index in [4.69, 9.17) is 4.74 Å². The standard InChI is InChI=1S/C12H18N2O2/c1-9-3-5-11(16-9)7-13-10-4-6-12(15)14(2)8-10/h4,6,8-9,11,13H,3,5,7H2,1-2H3. The Balaban J connectivity index is 1.90. The molecule has 0 spiro atoms. The van der Waals surface area contributed by atoms with E-state index in [2.05, 4.69) is 12.2 Å². The predicted octanol–water partition coefficient (Wildman–Crippen LogP) is 1.36. The number of hydrogen-bond donors (Lipinski definition) is 1. The fourth-order valence-electron chi connectivity index (χ4n) is 1.97. The van der Waals surface area contributed by atoms with Crippen molar-refractivity contribution in [1.82, 2.24) is 4.57 Å². The molecule has 88 valence electrons. The molecule has 1 N–H and O–H groups in total. The average molecular weight is 222 g/mol. The molecule has 2 rings (SSSR count). The molecule has 1 aromatic rings. The SMILES string of the molecule is CC1CCC(CNc2ccc(=O)n(C)c2)O1. The van der Waals surface area contributed by atoms with Gasteiger partial charge in [0.2, 0.25) is 5.56 Å². The van der Waals surface area contributed by atoms with Gasteiger partial charge in [0.05, 0.1) is 17.9 Å². The summed E-state index contributed by atoms with van der Waals surface area (Å²) in [7, 11) is 1.75. The van der Waals surface area contributed by atoms with Crippen molar-refractivity contribution in [1.29, 1.82) is 0 Å². The largest absolute Gasteiger partial charge is 0.381 e. The predicted molar refractivity (Wildman–Crippen MR) is 63.7 cm³/mol. The fourth-order valence-corrected chi connectivity index (χ4v) is 1.97. The van der Waals surface area contributed by atoms with E-state index < -0.39 is 0 Å². The zero-order valence-corrected chi connectivity index (χ0v) is 9.77. The first-order chi connectivity index (χ1) is 7.65. The van der Waals surface area contributed by atoms with Gasteiger partial charge in [0.1, 0.15) is 0 Å². The summed E-state index contributed by atoms with van der Waals surface area (Å²) in [6, 6.07) is 3.38. The van der Waals surface area contributed by atoms with E-state index in [0.717, 1.165) is 25.1 Å². The Morgan fingerprint density at radius 1 is 1.50 bits per heavy atom. The van der Waals surface area contributed by atoms with Crippen molar-refractivity contribution in [2.24, 2.45) is 7.05 Å². The first-order valence-corrected chi connectivity index (χ1v) is 5.71. The number of nitrogens with zero attached hydrogens (tertiary/aromatic N) is 1. The van der Waals surface area contributed by atoms with E-state index in [1.807, 2.05) is 0 Å². The molecule has 16 heavy (non-hydrogen) atoms. The van der Waals surface area contributed by atoms with E-state index in [9.17, 15) is 4.79 Å². The molecule has 1 aliphatic heterocycles. The summed E-state index contributed by atoms with van der Waals surface area (Å²) in [5.41, 5.74) is 0.974. The summed E-state index contributed by atoms with van der Waals surface area (Å²) in [5, 5.41) is 3.29. The monoisotopic (exact) mass is 222 g/mol. The van der Waals surface area contributed by atoms with Crippen molar-refractivity contribution in [2.75, 3.05) is 11.9 Å². The minimum atomic E-state index is 0.0105. The van der Waals surface area contributed by atoms with Crippen LogP contribution >= 0.6 is 0 Å². The molecular formula is C12H18N2O2. The van der Waals surface area contributed by atoms with Crippen LogP contribution in [0.2, 0.25) is 0 Å². The van der Waals surface area contributed by atoms with E-state index in [1.165, 1.54) is 0 Å². The Morgan fingerprint density at radius 3 is 2.94 bits per heavy atom. The number of aryl methyl sites for hydroxylation is 1. The van der Waals surface area contributed by atoms with Crippen molar-refractivity contribution in [3.8, 4) is 0 Å². The van der Waals surface area contributed by atoms with Crippen LogP contribution in [-0.4, -0.2) is 23.3 Å². The molecule has 1 fully saturated rings. The van der Waals surface area contributed by atoms with Crippen LogP contribution in [0.25, 0.3) is 0 Å². The second-order valence-corrected chi connectivity index (χ2v) is 4.39. The van der Waals surface area contributed by atoms with Crippen LogP contribution in [0.3, 0.4) is 0 Å². The molecule has 2 heterocycles. The Bertz CT molecular complexity index is 414. The molecule has 0 aliphatic carbocycles. The van der Waals surface area contributed by atoms with Crippen molar-refractivity contribution in [3.05, 3.63) is 28.7 Å². The number of pyridine rings is 1. The van der Waals surface area contributed by atoms with Gasteiger partial charge in [0.25, 0.3) is 0 Å². The summed E-state index contributed by atoms with van der Waals surface area (Å²) in [5.74, 6) is 0. The summed E-state index contributed by atoms with van der Waals surface area (Å²) in [6.45, 7) is 2.91. The van der Waals surface area contributed by atoms with Crippen LogP contribution in [0, 0.1) is 0 Å². The lowest BCUT2D eigenvalue weighted by molar-refractivity contribution is 0.0637. The Morgan fingerprint density at radius 2 is 2.31 bits per heavy atom. The van der Waals surface area contributed by atoms with Crippen LogP contribution in [0.5, 0.6) is 0 Å². The lowest BCUT2D eigenvalue weighted by Crippen LogP contribution is -2.21. The highest BCUT2D eigenvalue weighted by Crippen LogP contribution is 2.19. The molecule has 4 nitrogen and oxygen atoms in total. The van der Waals surface area contributed by atoms with Gasteiger partial charge in [0.15, 0.2) is 0 Å². The first-order valence-electron chi connectivity index (χ1n) is 5.71. The molecule has 0 amide bonds. The number of anilines is 1. The maximum atomic E-state index is 11.2. The molecule has 0 saturated carbocycles. The summed E-state index contributed by atoms with van der Waals surface area (Å²) >= 11 is 0. The summed E-state index contributed by atoms with van der Waals surface area (Å²) in [4.78, 5) is 11.2. The first kappa shape index (κ1) is 11.2. The highest BCUT2D eigenvalue weighted by Gasteiger charge is 2.21. The third kappa shape index (κ3) is 2.64. The van der Waals surface area contributed by atoms with Crippen LogP contribution < -0.4 is 10.9 Å². The molecule has 1 aromatic heterocycles. The van der Waals surface area contributed by atoms with Crippen molar-refractivity contribution < 1.29 is 4.74 Å². The van der Waals surface area contributed by atoms with Crippen molar-refractivity contribution in [2.45, 2.75) is 32.0 Å². The van der Waals surface area contributed by atoms with Gasteiger partial charge >= 0.3 is 0 Å². The molecule has 0 radical (unpaired) electrons. The molecule has 2 unspecified atom stereocenters. The van der Waals surface area contributed by atoms with Gasteiger partial charge in [-0.1, -0.05) is 0 Å². The van der Waals surface area contributed by atoms with Crippen molar-refractivity contribution in [3.63, 3.8) is 0 Å². The number of hydrogen-bond acceptors (Lipinski definition) is 3. The second kappa shape index (κ2) is 4.70. The molecule has 0 aromatic carbocycles. The van der Waals surface area contributed by atoms with Crippen LogP contribution in [0.15, 0.2) is 23.1 Å². The van der Waals surface area contributed by atoms with E-state index >= 15 is 0 Å². The quantitative estimate of drug-likeness (QED) is 0.840. The lowest BCUT2D eigenvalue weighted by atomic mass is 10.2. The highest BCUT2D eigenvalue weighted by atomic mass is 16.5. The fraction of sp³-hybridized carbons (Fsp3) is 0.583. The minimum Gasteiger partial charge on any atom is -0.381 e. The molecule has 2 atom stereocenters. The average Bonchev–Trinajstić information content (AvgIpc) is 2.66. The van der Waals surface area contributed by atoms with E-state index in [1.54, 1.807) is 29.9 Å². The normalized spacial score (nSPS) is 24.6. The highest BCUT2D eigenvalue weighted by molar-refractivity contribution is 5.40. The lowest BCUT2D eigenvalue weighted by Gasteiger charge is -2.13. The van der Waals surface area contributed by atoms with Crippen LogP contribution in [-0.2, 0) is 11.8 Å². The van der Waals surface area contributed by atoms with Crippen LogP contribution in [0.4, 0.5) is 5.69 Å². The third-order valence-electron chi connectivity index (χ3n) is 2.94. The summed E-state index contributed by atoms with van der Waals surface area (Å²) in [6.07, 6.45) is 4.74. The van der Waals surface area contributed by atoms with Crippen LogP contribution in [0.1, 0.15) is 19.8 Å². The van der Waals surface area contributed by atoms with Gasteiger partial charge in [0, 0.05) is 25.9 Å². The summed E-state index contributed by atoms with van der Waals surface area (Å²) < 4.78 is 7.28. The number of aromatic nitrogens is 1. The van der Waals surface area contributed by atoms with Gasteiger partial charge in [-0.3, -0.25) is 4.79 Å². The topological polar surface area (TPSA) is 43.3 Å². The number of ether oxygens (including phenoxy) is 1. The Hall–Kier alpha value is -1.29. The maximum Gasteiger partial charge on any atom is 0.250 e. The third-order valence-corrected chi connectivity index (χ3v) is 2.94. The van der Waals surface area contributed by atoms with E-state index in [-0.39, 0.29) is 5.56 Å². The molecule has 1 saturated heterocycles. The Kier molecular flexibility index (Phi) is 3.29. The maximum absolute atomic E-state index is 11.2. The van der Waals surface area contributed by atoms with Gasteiger partial charge in [-0.05, 0) is 25.8 Å². The minimum absolute atomic E-state index is 0.0105. The van der Waals surface area contributed by atoms with Gasteiger partial charge in [-0.25, -0.2) is 0 Å². The van der Waals surface area contributed by atoms with Crippen molar-refractivity contribution >= 4 is 5.69 Å². The zero-order valence-electron chi connectivity index (χ0n) is 9.77.